The first-order valence-corrected chi connectivity index (χ1v) is 9.59. The number of aryl methyl sites for hydroxylation is 1. The van der Waals surface area contributed by atoms with E-state index in [-0.39, 0.29) is 24.2 Å². The Hall–Kier alpha value is -2.53. The van der Waals surface area contributed by atoms with Crippen LogP contribution in [-0.4, -0.2) is 35.8 Å². The highest BCUT2D eigenvalue weighted by molar-refractivity contribution is 5.88. The van der Waals surface area contributed by atoms with Crippen LogP contribution in [0, 0.1) is 0 Å². The monoisotopic (exact) mass is 401 g/mol. The zero-order valence-electron chi connectivity index (χ0n) is 16.0. The molecule has 1 unspecified atom stereocenters. The predicted molar refractivity (Wildman–Crippen MR) is 114 cm³/mol. The Morgan fingerprint density at radius 1 is 1.00 bits per heavy atom. The van der Waals surface area contributed by atoms with Crippen molar-refractivity contribution < 1.29 is 9.59 Å². The van der Waals surface area contributed by atoms with Gasteiger partial charge in [-0.2, -0.15) is 0 Å². The molecule has 1 aliphatic rings. The van der Waals surface area contributed by atoms with Crippen LogP contribution in [0.1, 0.15) is 30.4 Å². The highest BCUT2D eigenvalue weighted by atomic mass is 35.5. The summed E-state index contributed by atoms with van der Waals surface area (Å²) >= 11 is 0. The van der Waals surface area contributed by atoms with Crippen LogP contribution in [0.3, 0.4) is 0 Å². The number of hydrogen-bond acceptors (Lipinski definition) is 3. The summed E-state index contributed by atoms with van der Waals surface area (Å²) in [5.41, 5.74) is 8.64. The van der Waals surface area contributed by atoms with Gasteiger partial charge in [0.1, 0.15) is 6.04 Å². The number of nitrogens with zero attached hydrogens (tertiary/aromatic N) is 1. The van der Waals surface area contributed by atoms with Crippen molar-refractivity contribution in [3.05, 3.63) is 65.7 Å². The lowest BCUT2D eigenvalue weighted by atomic mass is 10.0. The van der Waals surface area contributed by atoms with Gasteiger partial charge in [0.25, 0.3) is 0 Å². The Balaban J connectivity index is 0.00000280. The number of nitrogens with two attached hydrogens (primary N) is 1. The lowest BCUT2D eigenvalue weighted by Gasteiger charge is -2.24. The number of halogens is 1. The molecule has 0 aliphatic carbocycles. The van der Waals surface area contributed by atoms with Gasteiger partial charge in [-0.3, -0.25) is 9.59 Å². The predicted octanol–water partition coefficient (Wildman–Crippen LogP) is 2.97. The Morgan fingerprint density at radius 3 is 2.32 bits per heavy atom. The Bertz CT molecular complexity index is 776. The maximum Gasteiger partial charge on any atom is 0.245 e. The van der Waals surface area contributed by atoms with Crippen LogP contribution in [0.5, 0.6) is 0 Å². The van der Waals surface area contributed by atoms with E-state index in [0.717, 1.165) is 37.1 Å². The average Bonchev–Trinajstić information content (AvgIpc) is 3.22. The van der Waals surface area contributed by atoms with Crippen LogP contribution in [0.4, 0.5) is 5.69 Å². The van der Waals surface area contributed by atoms with E-state index in [4.69, 9.17) is 5.73 Å². The van der Waals surface area contributed by atoms with E-state index in [1.807, 2.05) is 59.5 Å². The van der Waals surface area contributed by atoms with E-state index in [9.17, 15) is 9.59 Å². The summed E-state index contributed by atoms with van der Waals surface area (Å²) in [6.07, 6.45) is 3.45. The summed E-state index contributed by atoms with van der Waals surface area (Å²) in [4.78, 5) is 27.3. The number of nitrogen functional groups attached to an aromatic ring is 1. The van der Waals surface area contributed by atoms with E-state index in [1.54, 1.807) is 0 Å². The lowest BCUT2D eigenvalue weighted by Crippen LogP contribution is -2.49. The quantitative estimate of drug-likeness (QED) is 0.700. The largest absolute Gasteiger partial charge is 0.399 e. The SMILES string of the molecule is Cl.Nc1ccccc1CCC(=O)NC(Cc1ccccc1)C(=O)N1CCCC1. The summed E-state index contributed by atoms with van der Waals surface area (Å²) in [6, 6.07) is 16.9. The minimum absolute atomic E-state index is 0. The van der Waals surface area contributed by atoms with Crippen molar-refractivity contribution in [2.45, 2.75) is 38.1 Å². The molecule has 1 saturated heterocycles. The fraction of sp³-hybridized carbons (Fsp3) is 0.364. The van der Waals surface area contributed by atoms with Crippen molar-refractivity contribution >= 4 is 29.9 Å². The number of anilines is 1. The van der Waals surface area contributed by atoms with Crippen molar-refractivity contribution in [3.63, 3.8) is 0 Å². The smallest absolute Gasteiger partial charge is 0.245 e. The standard InChI is InChI=1S/C22H27N3O2.ClH/c23-19-11-5-4-10-18(19)12-13-21(26)24-20(16-17-8-2-1-3-9-17)22(27)25-14-6-7-15-25;/h1-5,8-11,20H,6-7,12-16,23H2,(H,24,26);1H. The van der Waals surface area contributed by atoms with Gasteiger partial charge in [0, 0.05) is 31.6 Å². The second kappa shape index (κ2) is 10.7. The molecule has 3 rings (SSSR count). The second-order valence-corrected chi connectivity index (χ2v) is 7.04. The second-order valence-electron chi connectivity index (χ2n) is 7.04. The maximum atomic E-state index is 12.9. The first-order valence-electron chi connectivity index (χ1n) is 9.59. The molecule has 3 N–H and O–H groups in total. The summed E-state index contributed by atoms with van der Waals surface area (Å²) in [5, 5.41) is 2.96. The van der Waals surface area contributed by atoms with Gasteiger partial charge in [0.15, 0.2) is 0 Å². The van der Waals surface area contributed by atoms with Crippen LogP contribution >= 0.6 is 12.4 Å². The molecule has 5 nitrogen and oxygen atoms in total. The number of carbonyl (C=O) groups excluding carboxylic acids is 2. The number of nitrogens with one attached hydrogen (secondary N) is 1. The van der Waals surface area contributed by atoms with Gasteiger partial charge >= 0.3 is 0 Å². The molecule has 2 aromatic rings. The third-order valence-corrected chi connectivity index (χ3v) is 5.01. The van der Waals surface area contributed by atoms with Crippen LogP contribution in [0.2, 0.25) is 0 Å². The van der Waals surface area contributed by atoms with Crippen LogP contribution in [-0.2, 0) is 22.4 Å². The molecule has 0 saturated carbocycles. The minimum atomic E-state index is -0.522. The van der Waals surface area contributed by atoms with Crippen molar-refractivity contribution in [3.8, 4) is 0 Å². The number of carbonyl (C=O) groups is 2. The van der Waals surface area contributed by atoms with Gasteiger partial charge in [-0.1, -0.05) is 48.5 Å². The lowest BCUT2D eigenvalue weighted by molar-refractivity contribution is -0.135. The van der Waals surface area contributed by atoms with Gasteiger partial charge in [-0.25, -0.2) is 0 Å². The fourth-order valence-electron chi connectivity index (χ4n) is 3.48. The van der Waals surface area contributed by atoms with E-state index in [0.29, 0.717) is 24.9 Å². The van der Waals surface area contributed by atoms with Gasteiger partial charge in [-0.15, -0.1) is 12.4 Å². The molecule has 150 valence electrons. The number of rotatable bonds is 7. The minimum Gasteiger partial charge on any atom is -0.399 e. The number of para-hydroxylation sites is 1. The molecule has 0 bridgehead atoms. The van der Waals surface area contributed by atoms with E-state index in [2.05, 4.69) is 5.32 Å². The summed E-state index contributed by atoms with van der Waals surface area (Å²) in [7, 11) is 0. The summed E-state index contributed by atoms with van der Waals surface area (Å²) < 4.78 is 0. The van der Waals surface area contributed by atoms with Gasteiger partial charge < -0.3 is 16.0 Å². The Labute approximate surface area is 172 Å². The number of benzene rings is 2. The zero-order valence-corrected chi connectivity index (χ0v) is 16.8. The molecule has 1 atom stereocenters. The first kappa shape index (κ1) is 21.8. The van der Waals surface area contributed by atoms with Crippen LogP contribution in [0.15, 0.2) is 54.6 Å². The highest BCUT2D eigenvalue weighted by Gasteiger charge is 2.27. The number of amides is 2. The Kier molecular flexibility index (Phi) is 8.33. The molecule has 0 radical (unpaired) electrons. The first-order chi connectivity index (χ1) is 13.1. The van der Waals surface area contributed by atoms with Crippen LogP contribution < -0.4 is 11.1 Å². The van der Waals surface area contributed by atoms with E-state index >= 15 is 0 Å². The molecule has 2 amide bonds. The van der Waals surface area contributed by atoms with Gasteiger partial charge in [0.05, 0.1) is 0 Å². The molecule has 0 spiro atoms. The molecular formula is C22H28ClN3O2. The van der Waals surface area contributed by atoms with E-state index < -0.39 is 6.04 Å². The summed E-state index contributed by atoms with van der Waals surface area (Å²) in [6.45, 7) is 1.56. The van der Waals surface area contributed by atoms with Gasteiger partial charge in [-0.05, 0) is 36.5 Å². The average molecular weight is 402 g/mol. The van der Waals surface area contributed by atoms with Crippen molar-refractivity contribution in [2.24, 2.45) is 0 Å². The molecule has 0 aromatic heterocycles. The number of hydrogen-bond donors (Lipinski definition) is 2. The zero-order chi connectivity index (χ0) is 19.1. The molecule has 2 aromatic carbocycles. The highest BCUT2D eigenvalue weighted by Crippen LogP contribution is 2.14. The van der Waals surface area contributed by atoms with Crippen molar-refractivity contribution in [2.75, 3.05) is 18.8 Å². The fourth-order valence-corrected chi connectivity index (χ4v) is 3.48. The van der Waals surface area contributed by atoms with E-state index in [1.165, 1.54) is 0 Å². The third kappa shape index (κ3) is 5.99. The Morgan fingerprint density at radius 2 is 1.64 bits per heavy atom. The number of likely N-dealkylation sites (tertiary alicyclic amines) is 1. The molecule has 1 heterocycles. The van der Waals surface area contributed by atoms with Crippen molar-refractivity contribution in [1.82, 2.24) is 10.2 Å². The maximum absolute atomic E-state index is 12.9. The third-order valence-electron chi connectivity index (χ3n) is 5.01. The normalized spacial score (nSPS) is 14.2. The van der Waals surface area contributed by atoms with Gasteiger partial charge in [0.2, 0.25) is 11.8 Å². The van der Waals surface area contributed by atoms with Crippen molar-refractivity contribution in [1.29, 1.82) is 0 Å². The molecule has 1 fully saturated rings. The molecule has 28 heavy (non-hydrogen) atoms. The van der Waals surface area contributed by atoms with Crippen LogP contribution in [0.25, 0.3) is 0 Å². The summed E-state index contributed by atoms with van der Waals surface area (Å²) in [5.74, 6) is -0.101. The molecular weight excluding hydrogens is 374 g/mol. The topological polar surface area (TPSA) is 75.4 Å². The molecule has 1 aliphatic heterocycles. The molecule has 6 heteroatoms.